The number of amides is 3. The highest BCUT2D eigenvalue weighted by Gasteiger charge is 2.58. The molecule has 4 rings (SSSR count). The van der Waals surface area contributed by atoms with Crippen molar-refractivity contribution < 1.29 is 33.0 Å². The van der Waals surface area contributed by atoms with Gasteiger partial charge in [0.2, 0.25) is 5.91 Å². The highest BCUT2D eigenvalue weighted by molar-refractivity contribution is 5.95. The van der Waals surface area contributed by atoms with Gasteiger partial charge in [-0.25, -0.2) is 13.6 Å². The lowest BCUT2D eigenvalue weighted by Crippen LogP contribution is -2.33. The van der Waals surface area contributed by atoms with Crippen LogP contribution in [0.2, 0.25) is 0 Å². The molecule has 3 fully saturated rings. The lowest BCUT2D eigenvalue weighted by atomic mass is 10.0. The topological polar surface area (TPSA) is 113 Å². The minimum Gasteiger partial charge on any atom is -0.434 e. The molecule has 1 unspecified atom stereocenters. The van der Waals surface area contributed by atoms with Crippen molar-refractivity contribution in [3.05, 3.63) is 29.3 Å². The van der Waals surface area contributed by atoms with E-state index in [-0.39, 0.29) is 35.5 Å². The molecule has 2 heterocycles. The van der Waals surface area contributed by atoms with Crippen LogP contribution in [0.5, 0.6) is 0 Å². The molecular weight excluding hydrogens is 364 g/mol. The minimum absolute atomic E-state index is 0.0497. The first-order chi connectivity index (χ1) is 12.8. The van der Waals surface area contributed by atoms with Crippen molar-refractivity contribution in [1.82, 2.24) is 4.90 Å². The van der Waals surface area contributed by atoms with Crippen molar-refractivity contribution in [3.63, 3.8) is 0 Å². The molecule has 0 radical (unpaired) electrons. The van der Waals surface area contributed by atoms with E-state index in [0.717, 1.165) is 17.0 Å². The lowest BCUT2D eigenvalue weighted by Gasteiger charge is -2.20. The van der Waals surface area contributed by atoms with Gasteiger partial charge in [-0.05, 0) is 29.9 Å². The number of benzene rings is 1. The smallest absolute Gasteiger partial charge is 0.415 e. The fraction of sp³-hybridized carbons (Fsp3) is 0.471. The quantitative estimate of drug-likeness (QED) is 0.759. The summed E-state index contributed by atoms with van der Waals surface area (Å²) < 4.78 is 34.0. The minimum atomic E-state index is -1.17. The first-order valence-corrected chi connectivity index (χ1v) is 8.46. The predicted octanol–water partition coefficient (Wildman–Crippen LogP) is -0.0606. The standard InChI is InChI=1S/C17H17F2N3O5/c18-10-1-7(22-5-12(16(20)25)27-17(22)26)2-11(19)15(10)14-8-3-21(4-9(8)14)13(24)6-23/h1-2,8-9,12,14,23H,3-6H2,(H2,20,25)/t8-,9+,12-,14?/m1/s1. The summed E-state index contributed by atoms with van der Waals surface area (Å²) in [6.45, 7) is -0.0821. The zero-order valence-corrected chi connectivity index (χ0v) is 14.1. The van der Waals surface area contributed by atoms with Crippen LogP contribution in [0.3, 0.4) is 0 Å². The van der Waals surface area contributed by atoms with Crippen LogP contribution in [-0.4, -0.2) is 60.3 Å². The van der Waals surface area contributed by atoms with Crippen LogP contribution in [-0.2, 0) is 14.3 Å². The van der Waals surface area contributed by atoms with Crippen molar-refractivity contribution in [2.75, 3.05) is 31.1 Å². The van der Waals surface area contributed by atoms with Crippen LogP contribution in [0.4, 0.5) is 19.3 Å². The summed E-state index contributed by atoms with van der Waals surface area (Å²) in [5.41, 5.74) is 4.98. The number of anilines is 1. The van der Waals surface area contributed by atoms with Gasteiger partial charge in [-0.3, -0.25) is 14.5 Å². The summed E-state index contributed by atoms with van der Waals surface area (Å²) in [6, 6.07) is 2.07. The molecule has 1 aromatic rings. The Morgan fingerprint density at radius 2 is 1.78 bits per heavy atom. The second kappa shape index (κ2) is 6.15. The molecule has 144 valence electrons. The summed E-state index contributed by atoms with van der Waals surface area (Å²) in [6.07, 6.45) is -2.06. The van der Waals surface area contributed by atoms with E-state index < -0.39 is 42.3 Å². The van der Waals surface area contributed by atoms with Gasteiger partial charge < -0.3 is 20.5 Å². The second-order valence-corrected chi connectivity index (χ2v) is 7.02. The van der Waals surface area contributed by atoms with Crippen molar-refractivity contribution >= 4 is 23.6 Å². The maximum Gasteiger partial charge on any atom is 0.415 e. The van der Waals surface area contributed by atoms with Crippen molar-refractivity contribution in [2.45, 2.75) is 12.0 Å². The predicted molar refractivity (Wildman–Crippen MR) is 86.6 cm³/mol. The highest BCUT2D eigenvalue weighted by Crippen LogP contribution is 2.59. The van der Waals surface area contributed by atoms with Gasteiger partial charge in [-0.1, -0.05) is 0 Å². The third kappa shape index (κ3) is 2.80. The maximum atomic E-state index is 14.6. The van der Waals surface area contributed by atoms with Gasteiger partial charge in [0.25, 0.3) is 5.91 Å². The van der Waals surface area contributed by atoms with Gasteiger partial charge in [0.1, 0.15) is 18.2 Å². The number of primary amides is 1. The molecule has 4 atom stereocenters. The van der Waals surface area contributed by atoms with E-state index in [1.54, 1.807) is 0 Å². The molecule has 0 spiro atoms. The molecule has 1 aliphatic carbocycles. The number of halogens is 2. The molecule has 3 aliphatic rings. The number of hydrogen-bond donors (Lipinski definition) is 2. The number of carbonyl (C=O) groups excluding carboxylic acids is 3. The summed E-state index contributed by atoms with van der Waals surface area (Å²) >= 11 is 0. The molecule has 2 saturated heterocycles. The Labute approximate surface area is 152 Å². The van der Waals surface area contributed by atoms with Gasteiger partial charge in [0.15, 0.2) is 6.10 Å². The fourth-order valence-electron chi connectivity index (χ4n) is 4.13. The molecular formula is C17H17F2N3O5. The summed E-state index contributed by atoms with van der Waals surface area (Å²) in [5, 5.41) is 8.89. The molecule has 3 amide bonds. The number of piperidine rings is 1. The Hall–Kier alpha value is -2.75. The molecule has 10 heteroatoms. The molecule has 2 aliphatic heterocycles. The zero-order valence-electron chi connectivity index (χ0n) is 14.1. The zero-order chi connectivity index (χ0) is 19.5. The van der Waals surface area contributed by atoms with Crippen LogP contribution in [0.15, 0.2) is 12.1 Å². The highest BCUT2D eigenvalue weighted by atomic mass is 19.1. The third-order valence-corrected chi connectivity index (χ3v) is 5.52. The Kier molecular flexibility index (Phi) is 4.02. The number of ether oxygens (including phenoxy) is 1. The van der Waals surface area contributed by atoms with E-state index in [2.05, 4.69) is 0 Å². The van der Waals surface area contributed by atoms with Crippen LogP contribution in [0, 0.1) is 23.5 Å². The number of nitrogens with zero attached hydrogens (tertiary/aromatic N) is 2. The van der Waals surface area contributed by atoms with Crippen LogP contribution < -0.4 is 10.6 Å². The van der Waals surface area contributed by atoms with E-state index in [0.29, 0.717) is 13.1 Å². The van der Waals surface area contributed by atoms with E-state index in [9.17, 15) is 23.2 Å². The maximum absolute atomic E-state index is 14.6. The largest absolute Gasteiger partial charge is 0.434 e. The molecule has 1 aromatic carbocycles. The van der Waals surface area contributed by atoms with Gasteiger partial charge >= 0.3 is 6.09 Å². The van der Waals surface area contributed by atoms with Crippen LogP contribution in [0.1, 0.15) is 11.5 Å². The van der Waals surface area contributed by atoms with Crippen molar-refractivity contribution in [3.8, 4) is 0 Å². The molecule has 0 aromatic heterocycles. The summed E-state index contributed by atoms with van der Waals surface area (Å²) in [4.78, 5) is 36.9. The average Bonchev–Trinajstić information content (AvgIpc) is 2.98. The summed E-state index contributed by atoms with van der Waals surface area (Å²) in [7, 11) is 0. The number of carbonyl (C=O) groups is 3. The van der Waals surface area contributed by atoms with E-state index in [1.165, 1.54) is 4.90 Å². The SMILES string of the molecule is NC(=O)[C@H]1CN(c2cc(F)c(C3[C@H]4CN(C(=O)CO)C[C@@H]34)c(F)c2)C(=O)O1. The number of nitrogens with two attached hydrogens (primary N) is 1. The number of rotatable bonds is 4. The van der Waals surface area contributed by atoms with E-state index in [4.69, 9.17) is 15.6 Å². The van der Waals surface area contributed by atoms with Crippen LogP contribution in [0.25, 0.3) is 0 Å². The van der Waals surface area contributed by atoms with Gasteiger partial charge in [0, 0.05) is 18.7 Å². The van der Waals surface area contributed by atoms with E-state index >= 15 is 0 Å². The van der Waals surface area contributed by atoms with Crippen molar-refractivity contribution in [2.24, 2.45) is 17.6 Å². The lowest BCUT2D eigenvalue weighted by molar-refractivity contribution is -0.133. The second-order valence-electron chi connectivity index (χ2n) is 7.02. The number of likely N-dealkylation sites (tertiary alicyclic amines) is 1. The molecule has 8 nitrogen and oxygen atoms in total. The van der Waals surface area contributed by atoms with Gasteiger partial charge in [-0.15, -0.1) is 0 Å². The Morgan fingerprint density at radius 3 is 2.26 bits per heavy atom. The van der Waals surface area contributed by atoms with Gasteiger partial charge in [0.05, 0.1) is 12.2 Å². The number of cyclic esters (lactones) is 1. The fourth-order valence-corrected chi connectivity index (χ4v) is 4.13. The average molecular weight is 381 g/mol. The van der Waals surface area contributed by atoms with Crippen molar-refractivity contribution in [1.29, 1.82) is 0 Å². The number of fused-ring (bicyclic) bond motifs is 1. The molecule has 0 bridgehead atoms. The first kappa shape index (κ1) is 17.7. The number of aliphatic hydroxyl groups excluding tert-OH is 1. The summed E-state index contributed by atoms with van der Waals surface area (Å²) in [5.74, 6) is -3.26. The third-order valence-electron chi connectivity index (χ3n) is 5.52. The molecule has 27 heavy (non-hydrogen) atoms. The monoisotopic (exact) mass is 381 g/mol. The molecule has 3 N–H and O–H groups in total. The van der Waals surface area contributed by atoms with Crippen LogP contribution >= 0.6 is 0 Å². The van der Waals surface area contributed by atoms with Gasteiger partial charge in [-0.2, -0.15) is 0 Å². The number of hydrogen-bond acceptors (Lipinski definition) is 5. The normalized spacial score (nSPS) is 28.9. The first-order valence-electron chi connectivity index (χ1n) is 8.46. The molecule has 1 saturated carbocycles. The Balaban J connectivity index is 1.52. The number of aliphatic hydroxyl groups is 1. The Bertz CT molecular complexity index is 813. The van der Waals surface area contributed by atoms with E-state index in [1.807, 2.05) is 0 Å². The Morgan fingerprint density at radius 1 is 1.19 bits per heavy atom.